The Labute approximate surface area is 103 Å². The fraction of sp³-hybridized carbons (Fsp3) is 0.429. The maximum Gasteiger partial charge on any atom is 0.0417 e. The van der Waals surface area contributed by atoms with E-state index in [1.807, 2.05) is 18.2 Å². The van der Waals surface area contributed by atoms with Crippen molar-refractivity contribution < 1.29 is 0 Å². The van der Waals surface area contributed by atoms with Gasteiger partial charge in [-0.25, -0.2) is 0 Å². The third-order valence-corrected chi connectivity index (χ3v) is 3.24. The second-order valence-electron chi connectivity index (χ2n) is 4.81. The van der Waals surface area contributed by atoms with Crippen LogP contribution in [0.15, 0.2) is 30.5 Å². The minimum absolute atomic E-state index is 0.466. The maximum absolute atomic E-state index is 6.02. The van der Waals surface area contributed by atoms with Crippen molar-refractivity contribution in [2.45, 2.75) is 32.6 Å². The van der Waals surface area contributed by atoms with Crippen LogP contribution >= 0.6 is 11.6 Å². The molecule has 0 aromatic heterocycles. The maximum atomic E-state index is 6.02. The van der Waals surface area contributed by atoms with Gasteiger partial charge in [0.15, 0.2) is 0 Å². The molecule has 0 atom stereocenters. The molecule has 1 saturated carbocycles. The van der Waals surface area contributed by atoms with Crippen molar-refractivity contribution in [2.24, 2.45) is 5.92 Å². The van der Waals surface area contributed by atoms with Crippen LogP contribution < -0.4 is 5.32 Å². The van der Waals surface area contributed by atoms with Crippen LogP contribution in [-0.2, 0) is 0 Å². The van der Waals surface area contributed by atoms with Gasteiger partial charge < -0.3 is 5.32 Å². The molecule has 1 aromatic carbocycles. The normalized spacial score (nSPS) is 15.2. The van der Waals surface area contributed by atoms with Crippen LogP contribution in [0.2, 0.25) is 5.02 Å². The summed E-state index contributed by atoms with van der Waals surface area (Å²) in [7, 11) is 0. The lowest BCUT2D eigenvalue weighted by Crippen LogP contribution is -2.03. The standard InChI is InChI=1S/C14H18ClN/c1-9(2)13-8-12(15)6-7-14(13)16-10(3)11-4-5-11/h6-9,11,16H,3-5H2,1-2H3. The van der Waals surface area contributed by atoms with E-state index in [0.717, 1.165) is 16.4 Å². The Balaban J connectivity index is 2.21. The molecular formula is C14H18ClN. The average molecular weight is 236 g/mol. The Morgan fingerprint density at radius 3 is 2.69 bits per heavy atom. The highest BCUT2D eigenvalue weighted by Crippen LogP contribution is 2.37. The van der Waals surface area contributed by atoms with Crippen LogP contribution in [0.25, 0.3) is 0 Å². The Kier molecular flexibility index (Phi) is 3.25. The average Bonchev–Trinajstić information content (AvgIpc) is 3.03. The Morgan fingerprint density at radius 1 is 1.44 bits per heavy atom. The quantitative estimate of drug-likeness (QED) is 0.791. The van der Waals surface area contributed by atoms with Crippen LogP contribution in [0.4, 0.5) is 5.69 Å². The van der Waals surface area contributed by atoms with Crippen molar-refractivity contribution in [3.8, 4) is 0 Å². The van der Waals surface area contributed by atoms with Gasteiger partial charge in [-0.05, 0) is 48.4 Å². The molecule has 0 unspecified atom stereocenters. The zero-order chi connectivity index (χ0) is 11.7. The zero-order valence-corrected chi connectivity index (χ0v) is 10.6. The molecule has 0 spiro atoms. The van der Waals surface area contributed by atoms with Gasteiger partial charge in [-0.1, -0.05) is 32.0 Å². The number of nitrogens with one attached hydrogen (secondary N) is 1. The molecule has 0 radical (unpaired) electrons. The van der Waals surface area contributed by atoms with E-state index in [4.69, 9.17) is 11.6 Å². The first-order chi connectivity index (χ1) is 7.58. The number of hydrogen-bond donors (Lipinski definition) is 1. The molecule has 86 valence electrons. The number of halogens is 1. The predicted octanol–water partition coefficient (Wildman–Crippen LogP) is 4.80. The van der Waals surface area contributed by atoms with Gasteiger partial charge in [0.1, 0.15) is 0 Å². The third kappa shape index (κ3) is 2.59. The molecule has 1 aliphatic carbocycles. The highest BCUT2D eigenvalue weighted by Gasteiger charge is 2.25. The summed E-state index contributed by atoms with van der Waals surface area (Å²) in [4.78, 5) is 0. The van der Waals surface area contributed by atoms with Gasteiger partial charge >= 0.3 is 0 Å². The number of allylic oxidation sites excluding steroid dienone is 1. The molecule has 0 bridgehead atoms. The van der Waals surface area contributed by atoms with E-state index >= 15 is 0 Å². The monoisotopic (exact) mass is 235 g/mol. The fourth-order valence-electron chi connectivity index (χ4n) is 1.83. The van der Waals surface area contributed by atoms with Crippen LogP contribution in [0, 0.1) is 5.92 Å². The van der Waals surface area contributed by atoms with Crippen LogP contribution in [-0.4, -0.2) is 0 Å². The van der Waals surface area contributed by atoms with Crippen molar-refractivity contribution in [1.82, 2.24) is 0 Å². The van der Waals surface area contributed by atoms with E-state index in [-0.39, 0.29) is 0 Å². The summed E-state index contributed by atoms with van der Waals surface area (Å²) in [5.74, 6) is 1.14. The van der Waals surface area contributed by atoms with Crippen molar-refractivity contribution in [3.05, 3.63) is 41.1 Å². The van der Waals surface area contributed by atoms with Crippen molar-refractivity contribution >= 4 is 17.3 Å². The van der Waals surface area contributed by atoms with E-state index in [1.165, 1.54) is 18.4 Å². The van der Waals surface area contributed by atoms with E-state index in [2.05, 4.69) is 25.7 Å². The van der Waals surface area contributed by atoms with Gasteiger partial charge in [0.2, 0.25) is 0 Å². The molecule has 1 aromatic rings. The van der Waals surface area contributed by atoms with Crippen LogP contribution in [0.5, 0.6) is 0 Å². The summed E-state index contributed by atoms with van der Waals surface area (Å²) in [6, 6.07) is 6.01. The molecule has 2 heteroatoms. The Bertz CT molecular complexity index is 405. The van der Waals surface area contributed by atoms with Crippen LogP contribution in [0.1, 0.15) is 38.2 Å². The largest absolute Gasteiger partial charge is 0.359 e. The first-order valence-electron chi connectivity index (χ1n) is 5.83. The number of anilines is 1. The van der Waals surface area contributed by atoms with Crippen molar-refractivity contribution in [3.63, 3.8) is 0 Å². The zero-order valence-electron chi connectivity index (χ0n) is 9.89. The first kappa shape index (κ1) is 11.5. The summed E-state index contributed by atoms with van der Waals surface area (Å²) < 4.78 is 0. The summed E-state index contributed by atoms with van der Waals surface area (Å²) in [6.07, 6.45) is 2.55. The van der Waals surface area contributed by atoms with E-state index in [1.54, 1.807) is 0 Å². The summed E-state index contributed by atoms with van der Waals surface area (Å²) in [5.41, 5.74) is 3.55. The van der Waals surface area contributed by atoms with Gasteiger partial charge in [0.25, 0.3) is 0 Å². The molecule has 1 aliphatic rings. The highest BCUT2D eigenvalue weighted by atomic mass is 35.5. The first-order valence-corrected chi connectivity index (χ1v) is 6.21. The SMILES string of the molecule is C=C(Nc1ccc(Cl)cc1C(C)C)C1CC1. The fourth-order valence-corrected chi connectivity index (χ4v) is 2.01. The lowest BCUT2D eigenvalue weighted by Gasteiger charge is -2.16. The van der Waals surface area contributed by atoms with E-state index < -0.39 is 0 Å². The second kappa shape index (κ2) is 4.50. The van der Waals surface area contributed by atoms with Crippen molar-refractivity contribution in [1.29, 1.82) is 0 Å². The molecule has 0 amide bonds. The summed E-state index contributed by atoms with van der Waals surface area (Å²) in [6.45, 7) is 8.45. The van der Waals surface area contributed by atoms with Crippen molar-refractivity contribution in [2.75, 3.05) is 5.32 Å². The van der Waals surface area contributed by atoms with Gasteiger partial charge in [-0.3, -0.25) is 0 Å². The minimum atomic E-state index is 0.466. The Morgan fingerprint density at radius 2 is 2.12 bits per heavy atom. The molecule has 0 saturated heterocycles. The minimum Gasteiger partial charge on any atom is -0.359 e. The highest BCUT2D eigenvalue weighted by molar-refractivity contribution is 6.30. The molecule has 2 rings (SSSR count). The van der Waals surface area contributed by atoms with Gasteiger partial charge in [0, 0.05) is 16.4 Å². The lowest BCUT2D eigenvalue weighted by atomic mass is 10.0. The van der Waals surface area contributed by atoms with Gasteiger partial charge in [-0.15, -0.1) is 0 Å². The van der Waals surface area contributed by atoms with E-state index in [9.17, 15) is 0 Å². The topological polar surface area (TPSA) is 12.0 Å². The summed E-state index contributed by atoms with van der Waals surface area (Å²) in [5, 5.41) is 4.23. The Hall–Kier alpha value is -0.950. The third-order valence-electron chi connectivity index (χ3n) is 3.00. The van der Waals surface area contributed by atoms with Gasteiger partial charge in [-0.2, -0.15) is 0 Å². The smallest absolute Gasteiger partial charge is 0.0417 e. The molecule has 16 heavy (non-hydrogen) atoms. The second-order valence-corrected chi connectivity index (χ2v) is 5.25. The van der Waals surface area contributed by atoms with Crippen LogP contribution in [0.3, 0.4) is 0 Å². The predicted molar refractivity (Wildman–Crippen MR) is 71.0 cm³/mol. The molecule has 1 nitrogen and oxygen atoms in total. The number of benzene rings is 1. The molecule has 0 heterocycles. The van der Waals surface area contributed by atoms with Gasteiger partial charge in [0.05, 0.1) is 0 Å². The number of rotatable bonds is 4. The molecular weight excluding hydrogens is 218 g/mol. The molecule has 1 fully saturated rings. The molecule has 0 aliphatic heterocycles. The van der Waals surface area contributed by atoms with E-state index in [0.29, 0.717) is 11.8 Å². The lowest BCUT2D eigenvalue weighted by molar-refractivity contribution is 0.866. The number of hydrogen-bond acceptors (Lipinski definition) is 1. The summed E-state index contributed by atoms with van der Waals surface area (Å²) >= 11 is 6.02. The molecule has 1 N–H and O–H groups in total.